The second kappa shape index (κ2) is 22.6. The molecule has 0 bridgehead atoms. The van der Waals surface area contributed by atoms with Crippen molar-refractivity contribution in [1.29, 1.82) is 0 Å². The Morgan fingerprint density at radius 1 is 0.313 bits per heavy atom. The topological polar surface area (TPSA) is 97.6 Å². The molecule has 10 heteroatoms. The molecule has 0 aliphatic heterocycles. The van der Waals surface area contributed by atoms with Crippen LogP contribution in [0.1, 0.15) is 58.0 Å². The van der Waals surface area contributed by atoms with Crippen LogP contribution in [0, 0.1) is 0 Å². The van der Waals surface area contributed by atoms with Gasteiger partial charge in [0, 0.05) is 111 Å². The Balaban J connectivity index is 0.000000134. The molecule has 8 heterocycles. The number of hydrogen-bond acceptors (Lipinski definition) is 6. The third-order valence-corrected chi connectivity index (χ3v) is 21.0. The minimum absolute atomic E-state index is 0.377. The highest BCUT2D eigenvalue weighted by molar-refractivity contribution is 6.15. The van der Waals surface area contributed by atoms with E-state index in [4.69, 9.17) is 8.83 Å². The minimum Gasteiger partial charge on any atom is -0.452 e. The summed E-state index contributed by atoms with van der Waals surface area (Å²) in [6.45, 7) is 4.51. The van der Waals surface area contributed by atoms with Gasteiger partial charge in [-0.2, -0.15) is 0 Å². The number of para-hydroxylation sites is 6. The molecular weight excluding hydrogens is 1210 g/mol. The van der Waals surface area contributed by atoms with Crippen molar-refractivity contribution < 1.29 is 8.83 Å². The van der Waals surface area contributed by atoms with Crippen LogP contribution in [0.5, 0.6) is 0 Å². The summed E-state index contributed by atoms with van der Waals surface area (Å²) in [5.41, 5.74) is 25.4. The van der Waals surface area contributed by atoms with E-state index in [1.807, 2.05) is 48.5 Å². The zero-order chi connectivity index (χ0) is 65.4. The molecule has 0 spiro atoms. The van der Waals surface area contributed by atoms with Crippen molar-refractivity contribution in [3.63, 3.8) is 0 Å². The molecule has 8 aromatic heterocycles. The molecule has 12 aromatic carbocycles. The van der Waals surface area contributed by atoms with Crippen molar-refractivity contribution >= 4 is 131 Å². The summed E-state index contributed by atoms with van der Waals surface area (Å²) >= 11 is 0. The fourth-order valence-corrected chi connectivity index (χ4v) is 16.5. The molecule has 0 saturated heterocycles. The Kier molecular flexibility index (Phi) is 13.0. The maximum absolute atomic E-state index is 6.25. The van der Waals surface area contributed by atoms with Gasteiger partial charge < -0.3 is 27.1 Å². The van der Waals surface area contributed by atoms with Crippen LogP contribution in [-0.4, -0.2) is 38.2 Å². The molecule has 1 aliphatic carbocycles. The highest BCUT2D eigenvalue weighted by atomic mass is 16.3. The highest BCUT2D eigenvalue weighted by Gasteiger charge is 2.24. The summed E-state index contributed by atoms with van der Waals surface area (Å²) in [6, 6.07) is 97.2. The third-order valence-electron chi connectivity index (χ3n) is 21.0. The van der Waals surface area contributed by atoms with E-state index < -0.39 is 0 Å². The Bertz CT molecular complexity index is 6630. The lowest BCUT2D eigenvalue weighted by Crippen LogP contribution is -2.12. The molecule has 0 radical (unpaired) electrons. The molecule has 99 heavy (non-hydrogen) atoms. The first-order chi connectivity index (χ1) is 48.9. The summed E-state index contributed by atoms with van der Waals surface area (Å²) in [4.78, 5) is 18.4. The van der Waals surface area contributed by atoms with Crippen molar-refractivity contribution in [2.75, 3.05) is 0 Å². The van der Waals surface area contributed by atoms with Crippen molar-refractivity contribution in [3.05, 3.63) is 280 Å². The molecule has 0 N–H and O–H groups in total. The van der Waals surface area contributed by atoms with Crippen molar-refractivity contribution in [2.24, 2.45) is 0 Å². The maximum atomic E-state index is 6.25. The van der Waals surface area contributed by atoms with E-state index in [1.165, 1.54) is 142 Å². The van der Waals surface area contributed by atoms with Crippen LogP contribution < -0.4 is 0 Å². The maximum Gasteiger partial charge on any atom is 0.180 e. The van der Waals surface area contributed by atoms with Crippen molar-refractivity contribution in [1.82, 2.24) is 38.2 Å². The molecule has 472 valence electrons. The smallest absolute Gasteiger partial charge is 0.180 e. The summed E-state index contributed by atoms with van der Waals surface area (Å²) in [7, 11) is 0. The Labute approximate surface area is 568 Å². The first kappa shape index (κ1) is 56.9. The van der Waals surface area contributed by atoms with Gasteiger partial charge >= 0.3 is 0 Å². The Morgan fingerprint density at radius 3 is 1.12 bits per heavy atom. The minimum atomic E-state index is 0.377. The molecule has 1 saturated carbocycles. The van der Waals surface area contributed by atoms with Crippen LogP contribution in [0.4, 0.5) is 0 Å². The van der Waals surface area contributed by atoms with Gasteiger partial charge in [-0.1, -0.05) is 165 Å². The fraction of sp³-hybridized carbons (Fsp3) is 0.101. The predicted molar refractivity (Wildman–Crippen MR) is 408 cm³/mol. The van der Waals surface area contributed by atoms with Gasteiger partial charge in [-0.05, 0) is 170 Å². The predicted octanol–water partition coefficient (Wildman–Crippen LogP) is 23.9. The van der Waals surface area contributed by atoms with Crippen LogP contribution in [0.25, 0.3) is 188 Å². The number of furan rings is 2. The Morgan fingerprint density at radius 2 is 0.646 bits per heavy atom. The van der Waals surface area contributed by atoms with Gasteiger partial charge in [-0.3, -0.25) is 0 Å². The van der Waals surface area contributed by atoms with Gasteiger partial charge in [0.2, 0.25) is 0 Å². The van der Waals surface area contributed by atoms with Crippen LogP contribution in [0.2, 0.25) is 0 Å². The van der Waals surface area contributed by atoms with Gasteiger partial charge in [-0.15, -0.1) is 0 Å². The van der Waals surface area contributed by atoms with Gasteiger partial charge in [0.25, 0.3) is 0 Å². The number of fused-ring (bicyclic) bond motifs is 18. The summed E-state index contributed by atoms with van der Waals surface area (Å²) < 4.78 is 22.3. The van der Waals surface area contributed by atoms with Crippen LogP contribution in [0.15, 0.2) is 288 Å². The molecule has 20 aromatic rings. The van der Waals surface area contributed by atoms with E-state index in [1.54, 1.807) is 12.7 Å². The largest absolute Gasteiger partial charge is 0.452 e. The van der Waals surface area contributed by atoms with E-state index in [0.717, 1.165) is 66.9 Å². The SMILES string of the molecule is CC(C)n1c2ccccc2c2cc(-c3ccc4c(c3)c3ccccc3n4-c3ccc(-c4ncnc5c4oc4ccccc45)cc3)ccc21.c1ccc2c(c1)oc1c(-c3ccc(-n4c5ccccc5c5cc(-c6ccc7c(c6)c6ccccc6n7C6CCCCC6)ccc54)cc3)ncnc12. The first-order valence-corrected chi connectivity index (χ1v) is 34.5. The third kappa shape index (κ3) is 9.02. The zero-order valence-corrected chi connectivity index (χ0v) is 54.6. The average Bonchev–Trinajstić information content (AvgIpc) is 1.60. The summed E-state index contributed by atoms with van der Waals surface area (Å²) in [5.74, 6) is 0. The number of nitrogens with zero attached hydrogens (tertiary/aromatic N) is 8. The molecule has 0 atom stereocenters. The molecule has 1 aliphatic rings. The molecule has 0 amide bonds. The zero-order valence-electron chi connectivity index (χ0n) is 54.6. The van der Waals surface area contributed by atoms with Gasteiger partial charge in [0.05, 0.1) is 22.1 Å². The second-order valence-electron chi connectivity index (χ2n) is 26.9. The quantitative estimate of drug-likeness (QED) is 0.150. The summed E-state index contributed by atoms with van der Waals surface area (Å²) in [6.07, 6.45) is 9.79. The second-order valence-corrected chi connectivity index (χ2v) is 26.9. The molecule has 10 nitrogen and oxygen atoms in total. The van der Waals surface area contributed by atoms with Gasteiger partial charge in [-0.25, -0.2) is 19.9 Å². The van der Waals surface area contributed by atoms with Gasteiger partial charge in [0.15, 0.2) is 11.2 Å². The standard InChI is InChI=1S/C46H34N4O.C43H30N4O/c1-2-10-32(11-3-1)49-39-15-7-4-12-34(39)37-26-30(20-24-41(37)49)31-21-25-42-38(27-31)35-13-5-8-16-40(35)50(42)33-22-18-29(19-23-33)44-46-45(48-28-47-44)36-14-6-9-17-43(36)51-46;1-26(2)46-36-12-6-3-9-31(36)34-23-28(17-21-38(34)46)29-18-22-39-35(24-29)32-10-4-7-13-37(32)47(39)30-19-15-27(16-20-30)41-43-42(45-25-44-41)33-11-5-8-14-40(33)48-43/h4-9,12-28,32H,1-3,10-11H2;3-26H,1-2H3. The molecule has 1 fully saturated rings. The Hall–Kier alpha value is -12.4. The normalized spacial score (nSPS) is 13.2. The number of aromatic nitrogens is 8. The highest BCUT2D eigenvalue weighted by Crippen LogP contribution is 2.44. The number of benzene rings is 12. The van der Waals surface area contributed by atoms with Crippen molar-refractivity contribution in [2.45, 2.75) is 58.0 Å². The summed E-state index contributed by atoms with van der Waals surface area (Å²) in [5, 5.41) is 12.2. The average molecular weight is 1280 g/mol. The monoisotopic (exact) mass is 1280 g/mol. The van der Waals surface area contributed by atoms with Crippen LogP contribution >= 0.6 is 0 Å². The number of hydrogen-bond donors (Lipinski definition) is 0. The fourth-order valence-electron chi connectivity index (χ4n) is 16.5. The lowest BCUT2D eigenvalue weighted by Gasteiger charge is -2.25. The first-order valence-electron chi connectivity index (χ1n) is 34.5. The molecule has 0 unspecified atom stereocenters. The van der Waals surface area contributed by atoms with E-state index in [9.17, 15) is 0 Å². The molecule has 21 rings (SSSR count). The lowest BCUT2D eigenvalue weighted by molar-refractivity contribution is 0.367. The van der Waals surface area contributed by atoms with Crippen LogP contribution in [-0.2, 0) is 0 Å². The lowest BCUT2D eigenvalue weighted by atomic mass is 9.95. The van der Waals surface area contributed by atoms with E-state index >= 15 is 0 Å². The van der Waals surface area contributed by atoms with Crippen LogP contribution in [0.3, 0.4) is 0 Å². The van der Waals surface area contributed by atoms with E-state index in [-0.39, 0.29) is 0 Å². The van der Waals surface area contributed by atoms with E-state index in [0.29, 0.717) is 23.2 Å². The van der Waals surface area contributed by atoms with Crippen molar-refractivity contribution in [3.8, 4) is 56.1 Å². The molecular formula is C89H64N8O2. The van der Waals surface area contributed by atoms with Gasteiger partial charge in [0.1, 0.15) is 46.2 Å². The van der Waals surface area contributed by atoms with E-state index in [2.05, 4.69) is 270 Å². The number of rotatable bonds is 8.